The normalized spacial score (nSPS) is 15.8. The van der Waals surface area contributed by atoms with Gasteiger partial charge in [0.15, 0.2) is 11.2 Å². The molecule has 1 N–H and O–H groups in total. The van der Waals surface area contributed by atoms with Gasteiger partial charge in [0.25, 0.3) is 5.91 Å². The highest BCUT2D eigenvalue weighted by Gasteiger charge is 2.15. The van der Waals surface area contributed by atoms with E-state index < -0.39 is 0 Å². The summed E-state index contributed by atoms with van der Waals surface area (Å²) in [6.45, 7) is 0.639. The lowest BCUT2D eigenvalue weighted by molar-refractivity contribution is 0.0923. The van der Waals surface area contributed by atoms with Crippen molar-refractivity contribution >= 4 is 16.9 Å². The number of benzene rings is 1. The van der Waals surface area contributed by atoms with Crippen molar-refractivity contribution in [2.45, 2.75) is 38.5 Å². The van der Waals surface area contributed by atoms with Gasteiger partial charge < -0.3 is 9.73 Å². The fourth-order valence-corrected chi connectivity index (χ4v) is 3.17. The zero-order valence-electron chi connectivity index (χ0n) is 12.6. The average Bonchev–Trinajstić information content (AvgIpc) is 2.56. The summed E-state index contributed by atoms with van der Waals surface area (Å²) in [6, 6.07) is 8.25. The van der Waals surface area contributed by atoms with Gasteiger partial charge in [0.2, 0.25) is 0 Å². The van der Waals surface area contributed by atoms with Crippen LogP contribution in [0.15, 0.2) is 39.5 Å². The summed E-state index contributed by atoms with van der Waals surface area (Å²) in [4.78, 5) is 24.1. The highest BCUT2D eigenvalue weighted by atomic mass is 16.3. The number of amides is 1. The zero-order chi connectivity index (χ0) is 15.4. The van der Waals surface area contributed by atoms with Crippen LogP contribution in [0.4, 0.5) is 0 Å². The molecule has 1 amide bonds. The Balaban J connectivity index is 1.63. The molecule has 4 nitrogen and oxygen atoms in total. The summed E-state index contributed by atoms with van der Waals surface area (Å²) >= 11 is 0. The molecule has 116 valence electrons. The minimum Gasteiger partial charge on any atom is -0.451 e. The van der Waals surface area contributed by atoms with E-state index in [0.717, 1.165) is 12.3 Å². The number of rotatable bonds is 4. The molecule has 1 aliphatic rings. The van der Waals surface area contributed by atoms with Gasteiger partial charge in [-0.05, 0) is 24.5 Å². The smallest absolute Gasteiger partial charge is 0.287 e. The first-order chi connectivity index (χ1) is 10.7. The topological polar surface area (TPSA) is 59.3 Å². The SMILES string of the molecule is O=C(NCCC1CCCCC1)c1cc(=O)c2ccccc2o1. The van der Waals surface area contributed by atoms with Crippen LogP contribution >= 0.6 is 0 Å². The average molecular weight is 299 g/mol. The van der Waals surface area contributed by atoms with Crippen LogP contribution in [-0.2, 0) is 0 Å². The van der Waals surface area contributed by atoms with Crippen molar-refractivity contribution < 1.29 is 9.21 Å². The van der Waals surface area contributed by atoms with E-state index in [4.69, 9.17) is 4.42 Å². The number of nitrogens with one attached hydrogen (secondary N) is 1. The third kappa shape index (κ3) is 3.38. The van der Waals surface area contributed by atoms with E-state index in [2.05, 4.69) is 5.32 Å². The first-order valence-electron chi connectivity index (χ1n) is 8.05. The lowest BCUT2D eigenvalue weighted by Gasteiger charge is -2.21. The van der Waals surface area contributed by atoms with Crippen LogP contribution in [0.3, 0.4) is 0 Å². The van der Waals surface area contributed by atoms with Crippen LogP contribution in [0.5, 0.6) is 0 Å². The second-order valence-corrected chi connectivity index (χ2v) is 6.02. The lowest BCUT2D eigenvalue weighted by Crippen LogP contribution is -2.27. The quantitative estimate of drug-likeness (QED) is 0.940. The van der Waals surface area contributed by atoms with E-state index >= 15 is 0 Å². The monoisotopic (exact) mass is 299 g/mol. The summed E-state index contributed by atoms with van der Waals surface area (Å²) in [5.74, 6) is 0.503. The Hall–Kier alpha value is -2.10. The number of para-hydroxylation sites is 1. The van der Waals surface area contributed by atoms with Crippen molar-refractivity contribution in [2.75, 3.05) is 6.54 Å². The molecule has 0 atom stereocenters. The van der Waals surface area contributed by atoms with E-state index in [-0.39, 0.29) is 17.1 Å². The standard InChI is InChI=1S/C18H21NO3/c20-15-12-17(22-16-9-5-4-8-14(15)16)18(21)19-11-10-13-6-2-1-3-7-13/h4-5,8-9,12-13H,1-3,6-7,10-11H2,(H,19,21). The first-order valence-corrected chi connectivity index (χ1v) is 8.05. The lowest BCUT2D eigenvalue weighted by atomic mass is 9.87. The van der Waals surface area contributed by atoms with Crippen LogP contribution in [0, 0.1) is 5.92 Å². The maximum absolute atomic E-state index is 12.1. The van der Waals surface area contributed by atoms with E-state index in [1.54, 1.807) is 24.3 Å². The Morgan fingerprint density at radius 3 is 2.77 bits per heavy atom. The Bertz CT molecular complexity index is 714. The molecular weight excluding hydrogens is 278 g/mol. The van der Waals surface area contributed by atoms with E-state index in [0.29, 0.717) is 17.5 Å². The van der Waals surface area contributed by atoms with Crippen molar-refractivity contribution in [1.29, 1.82) is 0 Å². The molecule has 1 heterocycles. The number of hydrogen-bond donors (Lipinski definition) is 1. The molecular formula is C18H21NO3. The number of carbonyl (C=O) groups excluding carboxylic acids is 1. The van der Waals surface area contributed by atoms with Crippen molar-refractivity contribution in [3.8, 4) is 0 Å². The van der Waals surface area contributed by atoms with Gasteiger partial charge in [0.05, 0.1) is 5.39 Å². The Morgan fingerprint density at radius 2 is 1.95 bits per heavy atom. The van der Waals surface area contributed by atoms with Crippen molar-refractivity contribution in [3.05, 3.63) is 46.3 Å². The third-order valence-electron chi connectivity index (χ3n) is 4.42. The van der Waals surface area contributed by atoms with Gasteiger partial charge in [-0.25, -0.2) is 0 Å². The number of carbonyl (C=O) groups is 1. The molecule has 1 aromatic heterocycles. The molecule has 0 aliphatic heterocycles. The van der Waals surface area contributed by atoms with Crippen LogP contribution < -0.4 is 10.7 Å². The maximum Gasteiger partial charge on any atom is 0.287 e. The van der Waals surface area contributed by atoms with Crippen LogP contribution in [0.1, 0.15) is 49.1 Å². The van der Waals surface area contributed by atoms with Gasteiger partial charge in [-0.3, -0.25) is 9.59 Å². The Morgan fingerprint density at radius 1 is 1.18 bits per heavy atom. The van der Waals surface area contributed by atoms with Gasteiger partial charge in [0.1, 0.15) is 5.58 Å². The van der Waals surface area contributed by atoms with Gasteiger partial charge in [0, 0.05) is 12.6 Å². The Labute approximate surface area is 129 Å². The van der Waals surface area contributed by atoms with Gasteiger partial charge in [-0.2, -0.15) is 0 Å². The number of hydrogen-bond acceptors (Lipinski definition) is 3. The van der Waals surface area contributed by atoms with E-state index in [1.165, 1.54) is 38.2 Å². The molecule has 0 saturated heterocycles. The second-order valence-electron chi connectivity index (χ2n) is 6.02. The summed E-state index contributed by atoms with van der Waals surface area (Å²) < 4.78 is 5.53. The summed E-state index contributed by atoms with van der Waals surface area (Å²) in [5.41, 5.74) is 0.270. The largest absolute Gasteiger partial charge is 0.451 e. The maximum atomic E-state index is 12.1. The summed E-state index contributed by atoms with van der Waals surface area (Å²) in [5, 5.41) is 3.37. The molecule has 0 radical (unpaired) electrons. The molecule has 0 unspecified atom stereocenters. The molecule has 1 fully saturated rings. The number of fused-ring (bicyclic) bond motifs is 1. The molecule has 0 spiro atoms. The summed E-state index contributed by atoms with van der Waals surface area (Å²) in [6.07, 6.45) is 7.48. The van der Waals surface area contributed by atoms with Gasteiger partial charge in [-0.1, -0.05) is 44.2 Å². The highest BCUT2D eigenvalue weighted by molar-refractivity contribution is 5.93. The molecule has 1 saturated carbocycles. The molecule has 4 heteroatoms. The Kier molecular flexibility index (Phi) is 4.56. The predicted molar refractivity (Wildman–Crippen MR) is 86.0 cm³/mol. The highest BCUT2D eigenvalue weighted by Crippen LogP contribution is 2.25. The summed E-state index contributed by atoms with van der Waals surface area (Å²) in [7, 11) is 0. The fraction of sp³-hybridized carbons (Fsp3) is 0.444. The van der Waals surface area contributed by atoms with Crippen molar-refractivity contribution in [2.24, 2.45) is 5.92 Å². The van der Waals surface area contributed by atoms with Gasteiger partial charge in [-0.15, -0.1) is 0 Å². The molecule has 3 rings (SSSR count). The minimum absolute atomic E-state index is 0.0901. The first kappa shape index (κ1) is 14.8. The van der Waals surface area contributed by atoms with Gasteiger partial charge >= 0.3 is 0 Å². The van der Waals surface area contributed by atoms with Crippen molar-refractivity contribution in [1.82, 2.24) is 5.32 Å². The fourth-order valence-electron chi connectivity index (χ4n) is 3.17. The molecule has 1 aliphatic carbocycles. The second kappa shape index (κ2) is 6.77. The van der Waals surface area contributed by atoms with Crippen molar-refractivity contribution in [3.63, 3.8) is 0 Å². The molecule has 2 aromatic rings. The van der Waals surface area contributed by atoms with Crippen LogP contribution in [0.25, 0.3) is 11.0 Å². The van der Waals surface area contributed by atoms with Crippen LogP contribution in [-0.4, -0.2) is 12.5 Å². The zero-order valence-corrected chi connectivity index (χ0v) is 12.6. The molecule has 22 heavy (non-hydrogen) atoms. The van der Waals surface area contributed by atoms with E-state index in [9.17, 15) is 9.59 Å². The van der Waals surface area contributed by atoms with E-state index in [1.807, 2.05) is 0 Å². The van der Waals surface area contributed by atoms with Crippen LogP contribution in [0.2, 0.25) is 0 Å². The predicted octanol–water partition coefficient (Wildman–Crippen LogP) is 3.49. The third-order valence-corrected chi connectivity index (χ3v) is 4.42. The minimum atomic E-state index is -0.307. The molecule has 1 aromatic carbocycles. The molecule has 0 bridgehead atoms.